The van der Waals surface area contributed by atoms with E-state index in [9.17, 15) is 4.79 Å². The van der Waals surface area contributed by atoms with Crippen LogP contribution in [-0.4, -0.2) is 55.0 Å². The van der Waals surface area contributed by atoms with Gasteiger partial charge in [-0.1, -0.05) is 54.1 Å². The third-order valence-electron chi connectivity index (χ3n) is 4.69. The Hall–Kier alpha value is -2.30. The highest BCUT2D eigenvalue weighted by molar-refractivity contribution is 6.30. The number of ether oxygens (including phenoxy) is 1. The molecule has 142 valence electrons. The number of nitrogens with zero attached hydrogens (tertiary/aromatic N) is 2. The molecule has 27 heavy (non-hydrogen) atoms. The van der Waals surface area contributed by atoms with Crippen molar-refractivity contribution in [1.29, 1.82) is 0 Å². The number of piperazine rings is 1. The summed E-state index contributed by atoms with van der Waals surface area (Å²) < 4.78 is 5.67. The molecule has 1 fully saturated rings. The lowest BCUT2D eigenvalue weighted by molar-refractivity contribution is -0.135. The van der Waals surface area contributed by atoms with E-state index < -0.39 is 0 Å². The third kappa shape index (κ3) is 5.84. The second-order valence-electron chi connectivity index (χ2n) is 6.69. The van der Waals surface area contributed by atoms with Gasteiger partial charge < -0.3 is 9.64 Å². The molecule has 1 aliphatic rings. The van der Waals surface area contributed by atoms with Crippen LogP contribution in [0.15, 0.2) is 54.6 Å². The van der Waals surface area contributed by atoms with Crippen molar-refractivity contribution < 1.29 is 9.53 Å². The number of rotatable bonds is 6. The zero-order valence-corrected chi connectivity index (χ0v) is 16.4. The summed E-state index contributed by atoms with van der Waals surface area (Å²) in [6.45, 7) is 6.12. The fourth-order valence-corrected chi connectivity index (χ4v) is 3.31. The first-order valence-electron chi connectivity index (χ1n) is 9.22. The lowest BCUT2D eigenvalue weighted by atomic mass is 10.2. The molecule has 5 heteroatoms. The molecule has 0 spiro atoms. The van der Waals surface area contributed by atoms with Gasteiger partial charge in [0.2, 0.25) is 0 Å². The smallest absolute Gasteiger partial charge is 0.260 e. The summed E-state index contributed by atoms with van der Waals surface area (Å²) >= 11 is 5.95. The van der Waals surface area contributed by atoms with Gasteiger partial charge in [-0.05, 0) is 36.2 Å². The topological polar surface area (TPSA) is 32.8 Å². The summed E-state index contributed by atoms with van der Waals surface area (Å²) in [5.41, 5.74) is 2.14. The van der Waals surface area contributed by atoms with Gasteiger partial charge in [0.15, 0.2) is 6.61 Å². The molecule has 4 nitrogen and oxygen atoms in total. The van der Waals surface area contributed by atoms with Gasteiger partial charge in [-0.25, -0.2) is 0 Å². The van der Waals surface area contributed by atoms with Crippen LogP contribution in [0.25, 0.3) is 6.08 Å². The minimum absolute atomic E-state index is 0.0313. The first-order valence-corrected chi connectivity index (χ1v) is 9.60. The number of hydrogen-bond donors (Lipinski definition) is 0. The summed E-state index contributed by atoms with van der Waals surface area (Å²) in [4.78, 5) is 16.6. The van der Waals surface area contributed by atoms with Crippen molar-refractivity contribution in [3.05, 3.63) is 70.8 Å². The molecule has 0 radical (unpaired) electrons. The van der Waals surface area contributed by atoms with E-state index in [2.05, 4.69) is 29.2 Å². The summed E-state index contributed by atoms with van der Waals surface area (Å²) in [5.74, 6) is 0.737. The van der Waals surface area contributed by atoms with E-state index in [1.165, 1.54) is 5.56 Å². The molecule has 1 aliphatic heterocycles. The number of benzene rings is 2. The van der Waals surface area contributed by atoms with Crippen molar-refractivity contribution in [3.63, 3.8) is 0 Å². The molecule has 0 bridgehead atoms. The Bertz CT molecular complexity index is 784. The Balaban J connectivity index is 1.40. The van der Waals surface area contributed by atoms with E-state index in [1.807, 2.05) is 42.2 Å². The summed E-state index contributed by atoms with van der Waals surface area (Å²) in [6, 6.07) is 15.7. The average molecular weight is 385 g/mol. The van der Waals surface area contributed by atoms with Crippen LogP contribution in [0.1, 0.15) is 11.1 Å². The molecular formula is C22H25ClN2O2. The van der Waals surface area contributed by atoms with E-state index in [0.717, 1.165) is 38.3 Å². The second-order valence-corrected chi connectivity index (χ2v) is 7.13. The van der Waals surface area contributed by atoms with E-state index in [4.69, 9.17) is 16.3 Å². The van der Waals surface area contributed by atoms with Crippen LogP contribution in [0, 0.1) is 6.92 Å². The number of carbonyl (C=O) groups is 1. The van der Waals surface area contributed by atoms with E-state index >= 15 is 0 Å². The average Bonchev–Trinajstić information content (AvgIpc) is 2.68. The van der Waals surface area contributed by atoms with Gasteiger partial charge >= 0.3 is 0 Å². The predicted molar refractivity (Wildman–Crippen MR) is 110 cm³/mol. The highest BCUT2D eigenvalue weighted by atomic mass is 35.5. The van der Waals surface area contributed by atoms with Crippen molar-refractivity contribution in [2.75, 3.05) is 39.3 Å². The van der Waals surface area contributed by atoms with E-state index in [0.29, 0.717) is 10.8 Å². The van der Waals surface area contributed by atoms with Crippen LogP contribution in [0.3, 0.4) is 0 Å². The molecule has 0 saturated carbocycles. The fourth-order valence-electron chi connectivity index (χ4n) is 3.09. The van der Waals surface area contributed by atoms with Gasteiger partial charge in [0.25, 0.3) is 5.91 Å². The zero-order chi connectivity index (χ0) is 19.1. The van der Waals surface area contributed by atoms with Gasteiger partial charge in [-0.2, -0.15) is 0 Å². The molecule has 0 unspecified atom stereocenters. The van der Waals surface area contributed by atoms with Gasteiger partial charge in [0, 0.05) is 37.7 Å². The molecule has 0 aliphatic carbocycles. The SMILES string of the molecule is Cc1cc(Cl)ccc1OCC(=O)N1CCN(CC=Cc2ccccc2)CC1. The zero-order valence-electron chi connectivity index (χ0n) is 15.6. The number of amides is 1. The number of halogens is 1. The van der Waals surface area contributed by atoms with Gasteiger partial charge in [0.1, 0.15) is 5.75 Å². The van der Waals surface area contributed by atoms with Gasteiger partial charge in [-0.15, -0.1) is 0 Å². The molecule has 1 heterocycles. The van der Waals surface area contributed by atoms with E-state index in [1.54, 1.807) is 6.07 Å². The Labute approximate surface area is 166 Å². The van der Waals surface area contributed by atoms with Crippen molar-refractivity contribution in [2.45, 2.75) is 6.92 Å². The van der Waals surface area contributed by atoms with Gasteiger partial charge in [0.05, 0.1) is 0 Å². The lowest BCUT2D eigenvalue weighted by Crippen LogP contribution is -2.49. The van der Waals surface area contributed by atoms with Crippen LogP contribution in [0.2, 0.25) is 5.02 Å². The highest BCUT2D eigenvalue weighted by Crippen LogP contribution is 2.21. The lowest BCUT2D eigenvalue weighted by Gasteiger charge is -2.34. The molecule has 0 N–H and O–H groups in total. The Morgan fingerprint density at radius 3 is 2.56 bits per heavy atom. The Morgan fingerprint density at radius 1 is 1.11 bits per heavy atom. The number of carbonyl (C=O) groups excluding carboxylic acids is 1. The minimum Gasteiger partial charge on any atom is -0.483 e. The molecule has 2 aromatic rings. The van der Waals surface area contributed by atoms with Crippen LogP contribution < -0.4 is 4.74 Å². The van der Waals surface area contributed by atoms with Crippen molar-refractivity contribution >= 4 is 23.6 Å². The molecule has 1 saturated heterocycles. The molecular weight excluding hydrogens is 360 g/mol. The molecule has 2 aromatic carbocycles. The highest BCUT2D eigenvalue weighted by Gasteiger charge is 2.20. The normalized spacial score (nSPS) is 15.3. The summed E-state index contributed by atoms with van der Waals surface area (Å²) in [7, 11) is 0. The van der Waals surface area contributed by atoms with Crippen molar-refractivity contribution in [2.24, 2.45) is 0 Å². The minimum atomic E-state index is 0.0313. The predicted octanol–water partition coefficient (Wildman–Crippen LogP) is 3.88. The van der Waals surface area contributed by atoms with Crippen LogP contribution in [-0.2, 0) is 4.79 Å². The maximum absolute atomic E-state index is 12.4. The summed E-state index contributed by atoms with van der Waals surface area (Å²) in [5, 5.41) is 0.670. The Morgan fingerprint density at radius 2 is 1.85 bits per heavy atom. The first-order chi connectivity index (χ1) is 13.1. The largest absolute Gasteiger partial charge is 0.483 e. The second kappa shape index (κ2) is 9.58. The van der Waals surface area contributed by atoms with Crippen LogP contribution in [0.4, 0.5) is 0 Å². The van der Waals surface area contributed by atoms with Crippen molar-refractivity contribution in [1.82, 2.24) is 9.80 Å². The number of aryl methyl sites for hydroxylation is 1. The fraction of sp³-hybridized carbons (Fsp3) is 0.318. The maximum Gasteiger partial charge on any atom is 0.260 e. The van der Waals surface area contributed by atoms with E-state index in [-0.39, 0.29) is 12.5 Å². The first kappa shape index (κ1) is 19.5. The van der Waals surface area contributed by atoms with Crippen molar-refractivity contribution in [3.8, 4) is 5.75 Å². The monoisotopic (exact) mass is 384 g/mol. The third-order valence-corrected chi connectivity index (χ3v) is 4.92. The van der Waals surface area contributed by atoms with Crippen LogP contribution >= 0.6 is 11.6 Å². The van der Waals surface area contributed by atoms with Crippen LogP contribution in [0.5, 0.6) is 5.75 Å². The Kier molecular flexibility index (Phi) is 6.91. The van der Waals surface area contributed by atoms with Gasteiger partial charge in [-0.3, -0.25) is 9.69 Å². The molecule has 3 rings (SSSR count). The summed E-state index contributed by atoms with van der Waals surface area (Å²) in [6.07, 6.45) is 4.32. The maximum atomic E-state index is 12.4. The molecule has 0 atom stereocenters. The number of hydrogen-bond acceptors (Lipinski definition) is 3. The molecule has 0 aromatic heterocycles. The quantitative estimate of drug-likeness (QED) is 0.757. The standard InChI is InChI=1S/C22H25ClN2O2/c1-18-16-20(23)9-10-21(18)27-17-22(26)25-14-12-24(13-15-25)11-5-8-19-6-3-2-4-7-19/h2-10,16H,11-15,17H2,1H3. The molecule has 1 amide bonds.